The number of ether oxygens (including phenoxy) is 1. The third kappa shape index (κ3) is 5.68. The van der Waals surface area contributed by atoms with E-state index >= 15 is 0 Å². The van der Waals surface area contributed by atoms with Gasteiger partial charge in [-0.25, -0.2) is 13.9 Å². The second kappa shape index (κ2) is 10.1. The standard InChI is InChI=1S/C16H24N2O7S/c1-3-4-5-14(16(21)17-22)18(11-10-15(19)20)26(23,24)13-8-6-12(25-2)7-9-13/h6-9,14,22H,3-5,10-11H2,1-2H3,(H,17,21)(H,19,20). The molecule has 146 valence electrons. The molecule has 0 aromatic heterocycles. The van der Waals surface area contributed by atoms with Crippen LogP contribution in [-0.2, 0) is 19.6 Å². The number of amides is 1. The molecule has 1 rings (SSSR count). The van der Waals surface area contributed by atoms with Gasteiger partial charge < -0.3 is 9.84 Å². The molecule has 1 aromatic carbocycles. The van der Waals surface area contributed by atoms with Crippen LogP contribution in [0.5, 0.6) is 5.75 Å². The molecule has 0 aliphatic rings. The Morgan fingerprint density at radius 1 is 1.27 bits per heavy atom. The van der Waals surface area contributed by atoms with Gasteiger partial charge in [-0.1, -0.05) is 19.8 Å². The van der Waals surface area contributed by atoms with Crippen LogP contribution in [0.3, 0.4) is 0 Å². The average Bonchev–Trinajstić information content (AvgIpc) is 2.63. The molecular formula is C16H24N2O7S. The van der Waals surface area contributed by atoms with E-state index in [1.54, 1.807) is 0 Å². The van der Waals surface area contributed by atoms with E-state index in [0.29, 0.717) is 18.6 Å². The smallest absolute Gasteiger partial charge is 0.304 e. The van der Waals surface area contributed by atoms with Gasteiger partial charge in [-0.15, -0.1) is 0 Å². The van der Waals surface area contributed by atoms with Crippen molar-refractivity contribution in [2.24, 2.45) is 0 Å². The molecule has 9 nitrogen and oxygen atoms in total. The zero-order valence-corrected chi connectivity index (χ0v) is 15.5. The van der Waals surface area contributed by atoms with Crippen LogP contribution < -0.4 is 10.2 Å². The number of rotatable bonds is 11. The zero-order chi connectivity index (χ0) is 19.7. The lowest BCUT2D eigenvalue weighted by molar-refractivity contribution is -0.138. The SMILES string of the molecule is CCCCC(C(=O)NO)N(CCC(=O)O)S(=O)(=O)c1ccc(OC)cc1. The Labute approximate surface area is 152 Å². The Bertz CT molecular complexity index is 704. The summed E-state index contributed by atoms with van der Waals surface area (Å²) in [5.74, 6) is -1.64. The quantitative estimate of drug-likeness (QED) is 0.383. The molecule has 1 atom stereocenters. The van der Waals surface area contributed by atoms with Crippen molar-refractivity contribution in [2.75, 3.05) is 13.7 Å². The summed E-state index contributed by atoms with van der Waals surface area (Å²) in [6.07, 6.45) is 0.902. The van der Waals surface area contributed by atoms with E-state index in [2.05, 4.69) is 0 Å². The number of unbranched alkanes of at least 4 members (excludes halogenated alkanes) is 1. The van der Waals surface area contributed by atoms with E-state index in [1.807, 2.05) is 6.92 Å². The summed E-state index contributed by atoms with van der Waals surface area (Å²) in [6.45, 7) is 1.47. The van der Waals surface area contributed by atoms with Crippen LogP contribution in [0.4, 0.5) is 0 Å². The molecule has 0 aliphatic carbocycles. The second-order valence-corrected chi connectivity index (χ2v) is 7.46. The zero-order valence-electron chi connectivity index (χ0n) is 14.7. The lowest BCUT2D eigenvalue weighted by Gasteiger charge is -2.29. The first-order valence-corrected chi connectivity index (χ1v) is 9.53. The summed E-state index contributed by atoms with van der Waals surface area (Å²) in [6, 6.07) is 4.32. The van der Waals surface area contributed by atoms with Crippen LogP contribution in [0.1, 0.15) is 32.6 Å². The number of nitrogens with one attached hydrogen (secondary N) is 1. The first kappa shape index (κ1) is 21.9. The maximum Gasteiger partial charge on any atom is 0.304 e. The average molecular weight is 388 g/mol. The summed E-state index contributed by atoms with van der Waals surface area (Å²) in [5.41, 5.74) is 1.47. The minimum absolute atomic E-state index is 0.101. The van der Waals surface area contributed by atoms with Crippen molar-refractivity contribution in [3.8, 4) is 5.75 Å². The van der Waals surface area contributed by atoms with E-state index in [1.165, 1.54) is 36.9 Å². The molecule has 3 N–H and O–H groups in total. The molecule has 0 spiro atoms. The van der Waals surface area contributed by atoms with Gasteiger partial charge in [0.05, 0.1) is 18.4 Å². The number of hydrogen-bond donors (Lipinski definition) is 3. The van der Waals surface area contributed by atoms with E-state index in [0.717, 1.165) is 4.31 Å². The summed E-state index contributed by atoms with van der Waals surface area (Å²) >= 11 is 0. The predicted octanol–water partition coefficient (Wildman–Crippen LogP) is 1.22. The first-order chi connectivity index (χ1) is 12.3. The third-order valence-corrected chi connectivity index (χ3v) is 5.73. The monoisotopic (exact) mass is 388 g/mol. The van der Waals surface area contributed by atoms with Gasteiger partial charge >= 0.3 is 5.97 Å². The van der Waals surface area contributed by atoms with Gasteiger partial charge in [0, 0.05) is 6.54 Å². The van der Waals surface area contributed by atoms with Gasteiger partial charge in [-0.05, 0) is 30.7 Å². The number of carbonyl (C=O) groups is 2. The Morgan fingerprint density at radius 2 is 1.88 bits per heavy atom. The maximum absolute atomic E-state index is 13.0. The fourth-order valence-electron chi connectivity index (χ4n) is 2.41. The fraction of sp³-hybridized carbons (Fsp3) is 0.500. The number of sulfonamides is 1. The molecule has 10 heteroatoms. The molecule has 1 aromatic rings. The van der Waals surface area contributed by atoms with Gasteiger partial charge in [-0.3, -0.25) is 14.8 Å². The highest BCUT2D eigenvalue weighted by molar-refractivity contribution is 7.89. The molecule has 0 bridgehead atoms. The molecule has 0 fully saturated rings. The minimum atomic E-state index is -4.16. The van der Waals surface area contributed by atoms with Gasteiger partial charge in [0.15, 0.2) is 0 Å². The van der Waals surface area contributed by atoms with Crippen molar-refractivity contribution in [3.63, 3.8) is 0 Å². The van der Waals surface area contributed by atoms with Gasteiger partial charge in [-0.2, -0.15) is 4.31 Å². The van der Waals surface area contributed by atoms with Crippen molar-refractivity contribution in [1.29, 1.82) is 0 Å². The van der Waals surface area contributed by atoms with Crippen LogP contribution in [0.25, 0.3) is 0 Å². The molecule has 0 saturated heterocycles. The lowest BCUT2D eigenvalue weighted by Crippen LogP contribution is -2.49. The normalized spacial score (nSPS) is 12.6. The van der Waals surface area contributed by atoms with Crippen molar-refractivity contribution in [3.05, 3.63) is 24.3 Å². The molecule has 0 saturated carbocycles. The summed E-state index contributed by atoms with van der Waals surface area (Å²) < 4.78 is 31.8. The second-order valence-electron chi connectivity index (χ2n) is 5.57. The molecule has 0 aliphatic heterocycles. The number of carboxylic acids is 1. The molecule has 26 heavy (non-hydrogen) atoms. The fourth-order valence-corrected chi connectivity index (χ4v) is 4.03. The Kier molecular flexibility index (Phi) is 8.49. The lowest BCUT2D eigenvalue weighted by atomic mass is 10.1. The largest absolute Gasteiger partial charge is 0.497 e. The van der Waals surface area contributed by atoms with Gasteiger partial charge in [0.1, 0.15) is 11.8 Å². The summed E-state index contributed by atoms with van der Waals surface area (Å²) in [4.78, 5) is 22.9. The number of carbonyl (C=O) groups excluding carboxylic acids is 1. The number of benzene rings is 1. The number of hydroxylamine groups is 1. The van der Waals surface area contributed by atoms with Crippen molar-refractivity contribution in [2.45, 2.75) is 43.5 Å². The Morgan fingerprint density at radius 3 is 2.35 bits per heavy atom. The molecule has 1 unspecified atom stereocenters. The van der Waals surface area contributed by atoms with E-state index in [4.69, 9.17) is 15.1 Å². The van der Waals surface area contributed by atoms with Crippen molar-refractivity contribution < 1.29 is 33.1 Å². The molecular weight excluding hydrogens is 364 g/mol. The number of hydrogen-bond acceptors (Lipinski definition) is 6. The predicted molar refractivity (Wildman–Crippen MR) is 92.4 cm³/mol. The Balaban J connectivity index is 3.30. The highest BCUT2D eigenvalue weighted by Crippen LogP contribution is 2.23. The van der Waals surface area contributed by atoms with E-state index in [-0.39, 0.29) is 11.3 Å². The summed E-state index contributed by atoms with van der Waals surface area (Å²) in [5, 5.41) is 17.9. The van der Waals surface area contributed by atoms with Crippen molar-refractivity contribution in [1.82, 2.24) is 9.79 Å². The van der Waals surface area contributed by atoms with Crippen LogP contribution in [0.2, 0.25) is 0 Å². The van der Waals surface area contributed by atoms with Crippen LogP contribution in [0, 0.1) is 0 Å². The molecule has 0 heterocycles. The topological polar surface area (TPSA) is 133 Å². The maximum atomic E-state index is 13.0. The molecule has 0 radical (unpaired) electrons. The third-order valence-electron chi connectivity index (χ3n) is 3.80. The number of aliphatic carboxylic acids is 1. The van der Waals surface area contributed by atoms with Gasteiger partial charge in [0.25, 0.3) is 5.91 Å². The van der Waals surface area contributed by atoms with E-state index < -0.39 is 40.9 Å². The number of nitrogens with zero attached hydrogens (tertiary/aromatic N) is 1. The Hall–Kier alpha value is -2.17. The van der Waals surface area contributed by atoms with Gasteiger partial charge in [0.2, 0.25) is 10.0 Å². The molecule has 1 amide bonds. The number of methoxy groups -OCH3 is 1. The minimum Gasteiger partial charge on any atom is -0.497 e. The first-order valence-electron chi connectivity index (χ1n) is 8.09. The highest BCUT2D eigenvalue weighted by Gasteiger charge is 2.35. The highest BCUT2D eigenvalue weighted by atomic mass is 32.2. The van der Waals surface area contributed by atoms with Crippen LogP contribution >= 0.6 is 0 Å². The number of carboxylic acid groups (broad SMARTS) is 1. The van der Waals surface area contributed by atoms with Crippen molar-refractivity contribution >= 4 is 21.9 Å². The van der Waals surface area contributed by atoms with Crippen LogP contribution in [0.15, 0.2) is 29.2 Å². The van der Waals surface area contributed by atoms with E-state index in [9.17, 15) is 18.0 Å². The summed E-state index contributed by atoms with van der Waals surface area (Å²) in [7, 11) is -2.72. The van der Waals surface area contributed by atoms with Crippen LogP contribution in [-0.4, -0.2) is 54.6 Å².